The highest BCUT2D eigenvalue weighted by molar-refractivity contribution is 5.80. The third-order valence-corrected chi connectivity index (χ3v) is 2.57. The maximum atomic E-state index is 10.7. The Balaban J connectivity index is 2.01. The molecule has 2 aliphatic carbocycles. The maximum absolute atomic E-state index is 10.7. The predicted molar refractivity (Wildman–Crippen MR) is 30.4 cm³/mol. The van der Waals surface area contributed by atoms with Crippen LogP contribution in [0.3, 0.4) is 0 Å². The summed E-state index contributed by atoms with van der Waals surface area (Å²) in [5.41, 5.74) is 0. The molecule has 0 heterocycles. The van der Waals surface area contributed by atoms with Crippen LogP contribution >= 0.6 is 0 Å². The number of fused-ring (bicyclic) bond motifs is 1. The lowest BCUT2D eigenvalue weighted by atomic mass is 9.83. The van der Waals surface area contributed by atoms with Crippen LogP contribution in [0, 0.1) is 17.8 Å². The molecule has 44 valence electrons. The van der Waals surface area contributed by atoms with Gasteiger partial charge in [0, 0.05) is 5.92 Å². The van der Waals surface area contributed by atoms with Gasteiger partial charge in [-0.3, -0.25) is 4.79 Å². The number of carbonyl (C=O) groups is 1. The summed E-state index contributed by atoms with van der Waals surface area (Å²) in [7, 11) is 0. The van der Waals surface area contributed by atoms with Gasteiger partial charge in [-0.2, -0.15) is 0 Å². The fraction of sp³-hybridized carbons (Fsp3) is 0.857. The van der Waals surface area contributed by atoms with Gasteiger partial charge >= 0.3 is 0 Å². The van der Waals surface area contributed by atoms with Gasteiger partial charge in [-0.1, -0.05) is 0 Å². The molecule has 0 aromatic rings. The molecule has 2 saturated carbocycles. The summed E-state index contributed by atoms with van der Waals surface area (Å²) in [5.74, 6) is 2.72. The van der Waals surface area contributed by atoms with Gasteiger partial charge in [-0.15, -0.1) is 0 Å². The predicted octanol–water partition coefficient (Wildman–Crippen LogP) is 1.23. The highest BCUT2D eigenvalue weighted by Crippen LogP contribution is 2.59. The van der Waals surface area contributed by atoms with Gasteiger partial charge in [-0.25, -0.2) is 0 Å². The summed E-state index contributed by atoms with van der Waals surface area (Å²) in [5, 5.41) is 0. The molecule has 1 nitrogen and oxygen atoms in total. The first-order valence-corrected chi connectivity index (χ1v) is 3.29. The van der Waals surface area contributed by atoms with Crippen molar-refractivity contribution in [1.29, 1.82) is 0 Å². The monoisotopic (exact) mass is 110 g/mol. The van der Waals surface area contributed by atoms with Crippen LogP contribution in [0.1, 0.15) is 19.8 Å². The quantitative estimate of drug-likeness (QED) is 0.496. The Morgan fingerprint density at radius 3 is 2.38 bits per heavy atom. The summed E-state index contributed by atoms with van der Waals surface area (Å²) < 4.78 is 0. The summed E-state index contributed by atoms with van der Waals surface area (Å²) >= 11 is 0. The lowest BCUT2D eigenvalue weighted by Gasteiger charge is -2.20. The van der Waals surface area contributed by atoms with Crippen molar-refractivity contribution < 1.29 is 4.79 Å². The highest BCUT2D eigenvalue weighted by Gasteiger charge is 2.54. The molecule has 0 saturated heterocycles. The molecule has 0 aliphatic heterocycles. The average Bonchev–Trinajstić information content (AvgIpc) is 2.13. The minimum atomic E-state index is 0.420. The Morgan fingerprint density at radius 1 is 1.50 bits per heavy atom. The lowest BCUT2D eigenvalue weighted by molar-refractivity contribution is -0.123. The van der Waals surface area contributed by atoms with Gasteiger partial charge < -0.3 is 0 Å². The van der Waals surface area contributed by atoms with Crippen molar-refractivity contribution in [1.82, 2.24) is 0 Å². The summed E-state index contributed by atoms with van der Waals surface area (Å²) in [6.07, 6.45) is 2.56. The van der Waals surface area contributed by atoms with Crippen molar-refractivity contribution in [2.45, 2.75) is 19.8 Å². The summed E-state index contributed by atoms with van der Waals surface area (Å²) in [6, 6.07) is 0. The Kier molecular flexibility index (Phi) is 0.651. The van der Waals surface area contributed by atoms with Gasteiger partial charge in [0.1, 0.15) is 5.78 Å². The van der Waals surface area contributed by atoms with Crippen LogP contribution in [0.5, 0.6) is 0 Å². The molecule has 2 aliphatic rings. The number of hydrogen-bond donors (Lipinski definition) is 0. The van der Waals surface area contributed by atoms with E-state index < -0.39 is 0 Å². The van der Waals surface area contributed by atoms with E-state index >= 15 is 0 Å². The molecule has 0 N–H and O–H groups in total. The molecule has 0 unspecified atom stereocenters. The third-order valence-electron chi connectivity index (χ3n) is 2.57. The Labute approximate surface area is 49.1 Å². The Bertz CT molecular complexity index is 139. The summed E-state index contributed by atoms with van der Waals surface area (Å²) in [4.78, 5) is 10.7. The average molecular weight is 110 g/mol. The zero-order valence-electron chi connectivity index (χ0n) is 5.05. The van der Waals surface area contributed by atoms with Gasteiger partial charge in [0.25, 0.3) is 0 Å². The molecule has 0 spiro atoms. The van der Waals surface area contributed by atoms with Crippen LogP contribution < -0.4 is 0 Å². The first-order chi connectivity index (χ1) is 3.79. The Hall–Kier alpha value is -0.330. The number of hydrogen-bond acceptors (Lipinski definition) is 1. The molecule has 0 aromatic heterocycles. The molecule has 3 atom stereocenters. The summed E-state index contributed by atoms with van der Waals surface area (Å²) in [6.45, 7) is 1.72. The van der Waals surface area contributed by atoms with Gasteiger partial charge in [0.2, 0.25) is 0 Å². The van der Waals surface area contributed by atoms with Crippen molar-refractivity contribution in [3.05, 3.63) is 0 Å². The van der Waals surface area contributed by atoms with Crippen LogP contribution in [0.15, 0.2) is 0 Å². The van der Waals surface area contributed by atoms with Crippen LogP contribution in [-0.2, 0) is 4.79 Å². The van der Waals surface area contributed by atoms with Crippen molar-refractivity contribution >= 4 is 5.78 Å². The van der Waals surface area contributed by atoms with Crippen molar-refractivity contribution in [2.24, 2.45) is 17.8 Å². The van der Waals surface area contributed by atoms with Crippen LogP contribution in [-0.4, -0.2) is 5.78 Å². The van der Waals surface area contributed by atoms with Crippen LogP contribution in [0.25, 0.3) is 0 Å². The maximum Gasteiger partial charge on any atom is 0.133 e. The van der Waals surface area contributed by atoms with Crippen LogP contribution in [0.4, 0.5) is 0 Å². The third kappa shape index (κ3) is 0.396. The molecule has 2 fully saturated rings. The number of ketones is 1. The van der Waals surface area contributed by atoms with E-state index in [0.717, 1.165) is 11.8 Å². The molecule has 0 radical (unpaired) electrons. The second kappa shape index (κ2) is 1.15. The first-order valence-electron chi connectivity index (χ1n) is 3.29. The fourth-order valence-corrected chi connectivity index (χ4v) is 1.81. The minimum absolute atomic E-state index is 0.420. The van der Waals surface area contributed by atoms with E-state index in [2.05, 4.69) is 0 Å². The number of Topliss-reactive ketones (excluding diaryl/α,β-unsaturated/α-hetero) is 1. The minimum Gasteiger partial charge on any atom is -0.300 e. The molecule has 8 heavy (non-hydrogen) atoms. The van der Waals surface area contributed by atoms with E-state index in [1.807, 2.05) is 0 Å². The van der Waals surface area contributed by atoms with Crippen LogP contribution in [0.2, 0.25) is 0 Å². The van der Waals surface area contributed by atoms with E-state index in [4.69, 9.17) is 0 Å². The molecular weight excluding hydrogens is 100 g/mol. The number of carbonyl (C=O) groups excluding carboxylic acids is 1. The van der Waals surface area contributed by atoms with Gasteiger partial charge in [0.05, 0.1) is 0 Å². The highest BCUT2D eigenvalue weighted by atomic mass is 16.1. The lowest BCUT2D eigenvalue weighted by Crippen LogP contribution is -2.22. The fourth-order valence-electron chi connectivity index (χ4n) is 1.81. The zero-order valence-corrected chi connectivity index (χ0v) is 5.05. The molecule has 0 aromatic carbocycles. The van der Waals surface area contributed by atoms with E-state index in [1.165, 1.54) is 12.8 Å². The van der Waals surface area contributed by atoms with Crippen molar-refractivity contribution in [3.63, 3.8) is 0 Å². The molecule has 0 bridgehead atoms. The molecule has 2 rings (SSSR count). The van der Waals surface area contributed by atoms with E-state index in [0.29, 0.717) is 11.7 Å². The Morgan fingerprint density at radius 2 is 2.25 bits per heavy atom. The van der Waals surface area contributed by atoms with E-state index in [-0.39, 0.29) is 0 Å². The van der Waals surface area contributed by atoms with Crippen molar-refractivity contribution in [2.75, 3.05) is 0 Å². The normalized spacial score (nSPS) is 49.4. The first kappa shape index (κ1) is 4.54. The smallest absolute Gasteiger partial charge is 0.133 e. The SMILES string of the molecule is CC(=O)[C@@H]1C[C@@H]2C[C@@H]21. The van der Waals surface area contributed by atoms with Gasteiger partial charge in [0.15, 0.2) is 0 Å². The zero-order chi connectivity index (χ0) is 5.72. The standard InChI is InChI=1S/C7H10O/c1-4(8)6-2-5-3-7(5)6/h5-7H,2-3H2,1H3/t5-,6+,7+/m1/s1. The topological polar surface area (TPSA) is 17.1 Å². The van der Waals surface area contributed by atoms with Crippen molar-refractivity contribution in [3.8, 4) is 0 Å². The largest absolute Gasteiger partial charge is 0.300 e. The second-order valence-electron chi connectivity index (χ2n) is 3.11. The molecular formula is C7H10O. The van der Waals surface area contributed by atoms with E-state index in [1.54, 1.807) is 6.92 Å². The van der Waals surface area contributed by atoms with Gasteiger partial charge in [-0.05, 0) is 31.6 Å². The molecule has 1 heteroatoms. The molecule has 0 amide bonds. The second-order valence-corrected chi connectivity index (χ2v) is 3.11. The van der Waals surface area contributed by atoms with E-state index in [9.17, 15) is 4.79 Å². The number of rotatable bonds is 1.